The van der Waals surface area contributed by atoms with Gasteiger partial charge >= 0.3 is 0 Å². The van der Waals surface area contributed by atoms with E-state index in [1.165, 1.54) is 0 Å². The van der Waals surface area contributed by atoms with Crippen molar-refractivity contribution >= 4 is 11.8 Å². The summed E-state index contributed by atoms with van der Waals surface area (Å²) < 4.78 is 1.84. The van der Waals surface area contributed by atoms with Crippen LogP contribution in [0, 0.1) is 19.8 Å². The van der Waals surface area contributed by atoms with Gasteiger partial charge in [0.2, 0.25) is 11.8 Å². The third kappa shape index (κ3) is 5.35. The Kier molecular flexibility index (Phi) is 6.75. The number of rotatable bonds is 7. The fourth-order valence-corrected chi connectivity index (χ4v) is 2.38. The van der Waals surface area contributed by atoms with E-state index in [0.29, 0.717) is 6.42 Å². The number of carbonyl (C=O) groups excluding carboxylic acids is 2. The number of aryl methyl sites for hydroxylation is 2. The van der Waals surface area contributed by atoms with Crippen molar-refractivity contribution in [1.29, 1.82) is 0 Å². The molecule has 1 rings (SSSR count). The molecule has 0 aliphatic carbocycles. The normalized spacial score (nSPS) is 13.7. The first-order valence-electron chi connectivity index (χ1n) is 7.95. The van der Waals surface area contributed by atoms with Gasteiger partial charge in [-0.1, -0.05) is 13.8 Å². The zero-order valence-electron chi connectivity index (χ0n) is 14.9. The smallest absolute Gasteiger partial charge is 0.239 e. The van der Waals surface area contributed by atoms with Crippen LogP contribution in [0.3, 0.4) is 0 Å². The molecule has 2 amide bonds. The average molecular weight is 323 g/mol. The number of nitrogens with zero attached hydrogens (tertiary/aromatic N) is 2. The molecule has 1 aromatic heterocycles. The zero-order valence-corrected chi connectivity index (χ0v) is 14.9. The van der Waals surface area contributed by atoms with Gasteiger partial charge in [-0.25, -0.2) is 0 Å². The van der Waals surface area contributed by atoms with Crippen LogP contribution in [0.5, 0.6) is 0 Å². The summed E-state index contributed by atoms with van der Waals surface area (Å²) in [5.41, 5.74) is 8.95. The molecule has 0 aromatic carbocycles. The van der Waals surface area contributed by atoms with Crippen molar-refractivity contribution in [3.63, 3.8) is 0 Å². The van der Waals surface area contributed by atoms with Crippen molar-refractivity contribution in [2.24, 2.45) is 18.7 Å². The molecule has 7 heteroatoms. The number of hydrogen-bond acceptors (Lipinski definition) is 4. The summed E-state index contributed by atoms with van der Waals surface area (Å²) in [6.07, 6.45) is 0.705. The minimum absolute atomic E-state index is 0.0357. The van der Waals surface area contributed by atoms with Crippen molar-refractivity contribution in [3.8, 4) is 0 Å². The molecule has 4 N–H and O–H groups in total. The highest BCUT2D eigenvalue weighted by molar-refractivity contribution is 5.87. The summed E-state index contributed by atoms with van der Waals surface area (Å²) in [6, 6.07) is -0.638. The van der Waals surface area contributed by atoms with E-state index in [9.17, 15) is 9.59 Å². The molecule has 1 heterocycles. The van der Waals surface area contributed by atoms with Crippen molar-refractivity contribution in [2.45, 2.75) is 53.1 Å². The van der Waals surface area contributed by atoms with Crippen molar-refractivity contribution in [1.82, 2.24) is 20.4 Å². The molecule has 1 unspecified atom stereocenters. The van der Waals surface area contributed by atoms with Gasteiger partial charge in [0.05, 0.1) is 18.3 Å². The van der Waals surface area contributed by atoms with E-state index < -0.39 is 6.04 Å². The van der Waals surface area contributed by atoms with Gasteiger partial charge in [-0.3, -0.25) is 14.3 Å². The second kappa shape index (κ2) is 8.10. The fraction of sp³-hybridized carbons (Fsp3) is 0.688. The molecular weight excluding hydrogens is 294 g/mol. The van der Waals surface area contributed by atoms with Crippen molar-refractivity contribution < 1.29 is 9.59 Å². The van der Waals surface area contributed by atoms with Crippen LogP contribution in [0.1, 0.15) is 37.7 Å². The van der Waals surface area contributed by atoms with Gasteiger partial charge in [0.15, 0.2) is 0 Å². The van der Waals surface area contributed by atoms with Gasteiger partial charge in [-0.2, -0.15) is 5.10 Å². The second-order valence-corrected chi connectivity index (χ2v) is 6.43. The number of nitrogens with two attached hydrogens (primary N) is 1. The zero-order chi connectivity index (χ0) is 17.7. The van der Waals surface area contributed by atoms with Crippen LogP contribution in [-0.2, 0) is 23.1 Å². The first-order valence-corrected chi connectivity index (χ1v) is 7.95. The highest BCUT2D eigenvalue weighted by Crippen LogP contribution is 2.14. The molecule has 0 radical (unpaired) electrons. The SMILES string of the molecule is Cc1nn(C)c(C)c1CC(C)NC(=O)CNC(=O)[C@@H](N)C(C)C. The summed E-state index contributed by atoms with van der Waals surface area (Å²) in [5, 5.41) is 9.82. The summed E-state index contributed by atoms with van der Waals surface area (Å²) in [4.78, 5) is 23.7. The van der Waals surface area contributed by atoms with Gasteiger partial charge in [-0.15, -0.1) is 0 Å². The summed E-state index contributed by atoms with van der Waals surface area (Å²) >= 11 is 0. The molecule has 0 bridgehead atoms. The Morgan fingerprint density at radius 2 is 1.87 bits per heavy atom. The monoisotopic (exact) mass is 323 g/mol. The highest BCUT2D eigenvalue weighted by atomic mass is 16.2. The van der Waals surface area contributed by atoms with Crippen LogP contribution in [-0.4, -0.2) is 40.2 Å². The quantitative estimate of drug-likeness (QED) is 0.666. The molecule has 0 spiro atoms. The molecule has 7 nitrogen and oxygen atoms in total. The lowest BCUT2D eigenvalue weighted by atomic mass is 10.0. The fourth-order valence-electron chi connectivity index (χ4n) is 2.38. The van der Waals surface area contributed by atoms with Crippen LogP contribution in [0.15, 0.2) is 0 Å². The Morgan fingerprint density at radius 1 is 1.26 bits per heavy atom. The third-order valence-corrected chi connectivity index (χ3v) is 4.02. The Bertz CT molecular complexity index is 565. The molecule has 1 aromatic rings. The van der Waals surface area contributed by atoms with E-state index in [0.717, 1.165) is 17.0 Å². The lowest BCUT2D eigenvalue weighted by molar-refractivity contribution is -0.127. The second-order valence-electron chi connectivity index (χ2n) is 6.43. The van der Waals surface area contributed by atoms with E-state index in [1.54, 1.807) is 0 Å². The van der Waals surface area contributed by atoms with E-state index in [-0.39, 0.29) is 30.3 Å². The van der Waals surface area contributed by atoms with Gasteiger partial charge < -0.3 is 16.4 Å². The van der Waals surface area contributed by atoms with E-state index in [4.69, 9.17) is 5.73 Å². The van der Waals surface area contributed by atoms with Crippen LogP contribution in [0.2, 0.25) is 0 Å². The van der Waals surface area contributed by atoms with E-state index in [1.807, 2.05) is 46.3 Å². The van der Waals surface area contributed by atoms with Crippen molar-refractivity contribution in [3.05, 3.63) is 17.0 Å². The lowest BCUT2D eigenvalue weighted by Crippen LogP contribution is -2.48. The van der Waals surface area contributed by atoms with Crippen LogP contribution < -0.4 is 16.4 Å². The molecule has 0 aliphatic heterocycles. The predicted molar refractivity (Wildman–Crippen MR) is 89.8 cm³/mol. The Labute approximate surface area is 138 Å². The van der Waals surface area contributed by atoms with Crippen LogP contribution in [0.25, 0.3) is 0 Å². The molecule has 0 saturated heterocycles. The Morgan fingerprint density at radius 3 is 2.35 bits per heavy atom. The largest absolute Gasteiger partial charge is 0.352 e. The molecule has 0 aliphatic rings. The first kappa shape index (κ1) is 19.2. The molecule has 2 atom stereocenters. The first-order chi connectivity index (χ1) is 10.6. The average Bonchev–Trinajstić information content (AvgIpc) is 2.70. The topological polar surface area (TPSA) is 102 Å². The summed E-state index contributed by atoms with van der Waals surface area (Å²) in [7, 11) is 1.91. The minimum Gasteiger partial charge on any atom is -0.352 e. The van der Waals surface area contributed by atoms with E-state index >= 15 is 0 Å². The number of nitrogens with one attached hydrogen (secondary N) is 2. The van der Waals surface area contributed by atoms with E-state index in [2.05, 4.69) is 15.7 Å². The maximum Gasteiger partial charge on any atom is 0.239 e. The highest BCUT2D eigenvalue weighted by Gasteiger charge is 2.19. The predicted octanol–water partition coefficient (Wildman–Crippen LogP) is 0.184. The number of hydrogen-bond donors (Lipinski definition) is 3. The Hall–Kier alpha value is -1.89. The Balaban J connectivity index is 2.47. The number of carbonyl (C=O) groups is 2. The standard InChI is InChI=1S/C16H29N5O2/c1-9(2)15(17)16(23)18-8-14(22)19-10(3)7-13-11(4)20-21(6)12(13)5/h9-10,15H,7-8,17H2,1-6H3,(H,18,23)(H,19,22)/t10?,15-/m0/s1. The minimum atomic E-state index is -0.596. The van der Waals surface area contributed by atoms with Gasteiger partial charge in [0.1, 0.15) is 0 Å². The van der Waals surface area contributed by atoms with Gasteiger partial charge in [0.25, 0.3) is 0 Å². The molecular formula is C16H29N5O2. The number of aromatic nitrogens is 2. The summed E-state index contributed by atoms with van der Waals surface area (Å²) in [5.74, 6) is -0.490. The summed E-state index contributed by atoms with van der Waals surface area (Å²) in [6.45, 7) is 9.58. The van der Waals surface area contributed by atoms with Crippen LogP contribution >= 0.6 is 0 Å². The maximum absolute atomic E-state index is 11.9. The lowest BCUT2D eigenvalue weighted by Gasteiger charge is -2.17. The molecule has 23 heavy (non-hydrogen) atoms. The number of amides is 2. The molecule has 130 valence electrons. The molecule has 0 fully saturated rings. The van der Waals surface area contributed by atoms with Crippen LogP contribution in [0.4, 0.5) is 0 Å². The van der Waals surface area contributed by atoms with Crippen molar-refractivity contribution in [2.75, 3.05) is 6.54 Å². The van der Waals surface area contributed by atoms with Gasteiger partial charge in [-0.05, 0) is 38.7 Å². The third-order valence-electron chi connectivity index (χ3n) is 4.02. The van der Waals surface area contributed by atoms with Gasteiger partial charge in [0, 0.05) is 18.8 Å². The maximum atomic E-state index is 11.9. The molecule has 0 saturated carbocycles.